The molecule has 1 saturated heterocycles. The van der Waals surface area contributed by atoms with E-state index in [1.165, 1.54) is 5.56 Å². The van der Waals surface area contributed by atoms with Gasteiger partial charge in [-0.1, -0.05) is 41.9 Å². The van der Waals surface area contributed by atoms with E-state index >= 15 is 0 Å². The van der Waals surface area contributed by atoms with Crippen LogP contribution in [0.15, 0.2) is 41.8 Å². The summed E-state index contributed by atoms with van der Waals surface area (Å²) < 4.78 is 5.56. The molecule has 0 saturated carbocycles. The van der Waals surface area contributed by atoms with Crippen molar-refractivity contribution in [2.75, 3.05) is 13.2 Å². The summed E-state index contributed by atoms with van der Waals surface area (Å²) in [5, 5.41) is 2.79. The van der Waals surface area contributed by atoms with Crippen LogP contribution in [0.4, 0.5) is 0 Å². The first kappa shape index (κ1) is 14.1. The number of hydrogen-bond donors (Lipinski definition) is 1. The van der Waals surface area contributed by atoms with Gasteiger partial charge in [-0.25, -0.2) is 0 Å². The lowest BCUT2D eigenvalue weighted by Gasteiger charge is -2.42. The van der Waals surface area contributed by atoms with Crippen LogP contribution in [0, 0.1) is 0 Å². The van der Waals surface area contributed by atoms with Gasteiger partial charge in [-0.05, 0) is 29.9 Å². The number of benzene rings is 1. The molecule has 4 heteroatoms. The molecule has 1 atom stereocenters. The van der Waals surface area contributed by atoms with Crippen LogP contribution >= 0.6 is 22.9 Å². The van der Waals surface area contributed by atoms with Gasteiger partial charge >= 0.3 is 0 Å². The van der Waals surface area contributed by atoms with Crippen LogP contribution in [0.25, 0.3) is 0 Å². The van der Waals surface area contributed by atoms with Gasteiger partial charge in [-0.3, -0.25) is 0 Å². The van der Waals surface area contributed by atoms with Gasteiger partial charge in [0.2, 0.25) is 0 Å². The summed E-state index contributed by atoms with van der Waals surface area (Å²) in [6.45, 7) is 1.51. The fourth-order valence-corrected chi connectivity index (χ4v) is 4.36. The third-order valence-corrected chi connectivity index (χ3v) is 5.70. The maximum Gasteiger partial charge on any atom is 0.0561 e. The highest BCUT2D eigenvalue weighted by Crippen LogP contribution is 2.46. The SMILES string of the molecule is NC(c1sccc1Cl)C1(c2ccccc2)CCOCC1. The molecule has 2 N–H and O–H groups in total. The van der Waals surface area contributed by atoms with Gasteiger partial charge in [-0.15, -0.1) is 11.3 Å². The first-order valence-corrected chi connectivity index (χ1v) is 8.11. The molecule has 106 valence electrons. The molecule has 20 heavy (non-hydrogen) atoms. The van der Waals surface area contributed by atoms with Crippen molar-refractivity contribution >= 4 is 22.9 Å². The van der Waals surface area contributed by atoms with Crippen LogP contribution in [0.2, 0.25) is 5.02 Å². The predicted molar refractivity (Wildman–Crippen MR) is 84.4 cm³/mol. The van der Waals surface area contributed by atoms with Crippen LogP contribution in [0.5, 0.6) is 0 Å². The average Bonchev–Trinajstić information content (AvgIpc) is 2.94. The van der Waals surface area contributed by atoms with Gasteiger partial charge in [-0.2, -0.15) is 0 Å². The van der Waals surface area contributed by atoms with Crippen molar-refractivity contribution < 1.29 is 4.74 Å². The topological polar surface area (TPSA) is 35.2 Å². The van der Waals surface area contributed by atoms with Crippen molar-refractivity contribution in [2.45, 2.75) is 24.3 Å². The number of hydrogen-bond acceptors (Lipinski definition) is 3. The fraction of sp³-hybridized carbons (Fsp3) is 0.375. The van der Waals surface area contributed by atoms with Crippen molar-refractivity contribution in [1.29, 1.82) is 0 Å². The molecule has 1 fully saturated rings. The predicted octanol–water partition coefficient (Wildman–Crippen LogP) is 4.15. The summed E-state index contributed by atoms with van der Waals surface area (Å²) >= 11 is 7.95. The highest BCUT2D eigenvalue weighted by molar-refractivity contribution is 7.10. The van der Waals surface area contributed by atoms with E-state index in [0.717, 1.165) is 36.0 Å². The van der Waals surface area contributed by atoms with Gasteiger partial charge in [0, 0.05) is 23.5 Å². The molecule has 2 heterocycles. The Balaban J connectivity index is 2.04. The Morgan fingerprint density at radius 2 is 1.85 bits per heavy atom. The summed E-state index contributed by atoms with van der Waals surface area (Å²) in [6, 6.07) is 12.4. The van der Waals surface area contributed by atoms with Crippen LogP contribution in [0.3, 0.4) is 0 Å². The van der Waals surface area contributed by atoms with E-state index in [-0.39, 0.29) is 11.5 Å². The van der Waals surface area contributed by atoms with Crippen molar-refractivity contribution in [3.63, 3.8) is 0 Å². The molecule has 1 aromatic carbocycles. The number of rotatable bonds is 3. The molecule has 0 amide bonds. The molecule has 0 bridgehead atoms. The normalized spacial score (nSPS) is 19.7. The number of nitrogens with two attached hydrogens (primary N) is 1. The van der Waals surface area contributed by atoms with Gasteiger partial charge in [0.1, 0.15) is 0 Å². The van der Waals surface area contributed by atoms with E-state index in [0.29, 0.717) is 0 Å². The molecule has 2 aromatic rings. The summed E-state index contributed by atoms with van der Waals surface area (Å²) in [7, 11) is 0. The first-order valence-electron chi connectivity index (χ1n) is 6.86. The second-order valence-electron chi connectivity index (χ2n) is 5.24. The van der Waals surface area contributed by atoms with Gasteiger partial charge in [0.05, 0.1) is 11.1 Å². The van der Waals surface area contributed by atoms with Crippen molar-refractivity contribution in [3.8, 4) is 0 Å². The van der Waals surface area contributed by atoms with E-state index in [9.17, 15) is 0 Å². The summed E-state index contributed by atoms with van der Waals surface area (Å²) in [5.74, 6) is 0. The lowest BCUT2D eigenvalue weighted by atomic mass is 9.68. The van der Waals surface area contributed by atoms with Crippen LogP contribution < -0.4 is 5.73 Å². The second kappa shape index (κ2) is 5.86. The molecule has 0 spiro atoms. The van der Waals surface area contributed by atoms with Gasteiger partial charge in [0.15, 0.2) is 0 Å². The third kappa shape index (κ3) is 2.40. The average molecular weight is 308 g/mol. The van der Waals surface area contributed by atoms with Crippen molar-refractivity contribution in [3.05, 3.63) is 57.2 Å². The van der Waals surface area contributed by atoms with Gasteiger partial charge < -0.3 is 10.5 Å². The van der Waals surface area contributed by atoms with E-state index in [1.807, 2.05) is 17.5 Å². The Kier molecular flexibility index (Phi) is 4.13. The van der Waals surface area contributed by atoms with E-state index in [4.69, 9.17) is 22.1 Å². The number of thiophene rings is 1. The van der Waals surface area contributed by atoms with Crippen molar-refractivity contribution in [2.24, 2.45) is 5.73 Å². The molecule has 1 aliphatic heterocycles. The number of halogens is 1. The van der Waals surface area contributed by atoms with E-state index in [2.05, 4.69) is 24.3 Å². The Morgan fingerprint density at radius 1 is 1.15 bits per heavy atom. The largest absolute Gasteiger partial charge is 0.381 e. The maximum absolute atomic E-state index is 6.65. The Morgan fingerprint density at radius 3 is 2.45 bits per heavy atom. The molecule has 1 unspecified atom stereocenters. The quantitative estimate of drug-likeness (QED) is 0.924. The zero-order valence-corrected chi connectivity index (χ0v) is 12.8. The zero-order chi connectivity index (χ0) is 14.0. The smallest absolute Gasteiger partial charge is 0.0561 e. The van der Waals surface area contributed by atoms with Crippen molar-refractivity contribution in [1.82, 2.24) is 0 Å². The Hall–Kier alpha value is -0.870. The van der Waals surface area contributed by atoms with E-state index in [1.54, 1.807) is 11.3 Å². The lowest BCUT2D eigenvalue weighted by Crippen LogP contribution is -2.43. The fourth-order valence-electron chi connectivity index (χ4n) is 3.06. The van der Waals surface area contributed by atoms with Crippen LogP contribution in [-0.4, -0.2) is 13.2 Å². The Labute approximate surface area is 128 Å². The molecular formula is C16H18ClNOS. The summed E-state index contributed by atoms with van der Waals surface area (Å²) in [4.78, 5) is 1.08. The minimum atomic E-state index is -0.0821. The molecular weight excluding hydrogens is 290 g/mol. The molecule has 2 nitrogen and oxygen atoms in total. The van der Waals surface area contributed by atoms with E-state index < -0.39 is 0 Å². The first-order chi connectivity index (χ1) is 9.74. The number of ether oxygens (including phenoxy) is 1. The second-order valence-corrected chi connectivity index (χ2v) is 6.60. The molecule has 0 radical (unpaired) electrons. The minimum absolute atomic E-state index is 0.0754. The molecule has 0 aliphatic carbocycles. The standard InChI is InChI=1S/C16H18ClNOS/c17-13-6-11-20-14(13)15(18)16(7-9-19-10-8-16)12-4-2-1-3-5-12/h1-6,11,15H,7-10,18H2. The zero-order valence-electron chi connectivity index (χ0n) is 11.2. The van der Waals surface area contributed by atoms with Crippen LogP contribution in [-0.2, 0) is 10.2 Å². The third-order valence-electron chi connectivity index (χ3n) is 4.26. The summed E-state index contributed by atoms with van der Waals surface area (Å²) in [5.41, 5.74) is 7.87. The van der Waals surface area contributed by atoms with Crippen LogP contribution in [0.1, 0.15) is 29.3 Å². The van der Waals surface area contributed by atoms with Gasteiger partial charge in [0.25, 0.3) is 0 Å². The Bertz CT molecular complexity index is 563. The molecule has 1 aromatic heterocycles. The highest BCUT2D eigenvalue weighted by atomic mass is 35.5. The lowest BCUT2D eigenvalue weighted by molar-refractivity contribution is 0.0402. The summed E-state index contributed by atoms with van der Waals surface area (Å²) in [6.07, 6.45) is 1.87. The maximum atomic E-state index is 6.65. The highest BCUT2D eigenvalue weighted by Gasteiger charge is 2.41. The minimum Gasteiger partial charge on any atom is -0.381 e. The molecule has 3 rings (SSSR count). The molecule has 1 aliphatic rings. The monoisotopic (exact) mass is 307 g/mol.